The average molecular weight is 408 g/mol. The molecule has 0 saturated heterocycles. The molecule has 1 aliphatic heterocycles. The molecule has 1 atom stereocenters. The van der Waals surface area contributed by atoms with E-state index in [-0.39, 0.29) is 23.9 Å². The maximum Gasteiger partial charge on any atom is 0.290 e. The number of hydrogen-bond acceptors (Lipinski definition) is 4. The summed E-state index contributed by atoms with van der Waals surface area (Å²) < 4.78 is 5.96. The Balaban J connectivity index is 1.97. The molecule has 30 heavy (non-hydrogen) atoms. The number of carbonyl (C=O) groups is 2. The molecule has 0 aliphatic carbocycles. The van der Waals surface area contributed by atoms with E-state index in [0.29, 0.717) is 25.1 Å². The number of nitrogens with zero attached hydrogens (tertiary/aromatic N) is 1. The lowest BCUT2D eigenvalue weighted by Gasteiger charge is -2.28. The van der Waals surface area contributed by atoms with Crippen LogP contribution in [0.2, 0.25) is 0 Å². The second-order valence-corrected chi connectivity index (χ2v) is 7.78. The van der Waals surface area contributed by atoms with Crippen molar-refractivity contribution in [2.45, 2.75) is 52.2 Å². The van der Waals surface area contributed by atoms with Gasteiger partial charge in [0.2, 0.25) is 0 Å². The summed E-state index contributed by atoms with van der Waals surface area (Å²) >= 11 is 0. The van der Waals surface area contributed by atoms with Crippen molar-refractivity contribution in [1.82, 2.24) is 4.90 Å². The topological polar surface area (TPSA) is 66.8 Å². The van der Waals surface area contributed by atoms with Gasteiger partial charge >= 0.3 is 0 Å². The molecular weight excluding hydrogens is 378 g/mol. The van der Waals surface area contributed by atoms with Crippen molar-refractivity contribution in [3.8, 4) is 5.75 Å². The van der Waals surface area contributed by atoms with Crippen molar-refractivity contribution >= 4 is 11.7 Å². The van der Waals surface area contributed by atoms with Crippen LogP contribution < -0.4 is 4.74 Å². The second kappa shape index (κ2) is 9.61. The fraction of sp³-hybridized carbons (Fsp3) is 0.360. The fourth-order valence-electron chi connectivity index (χ4n) is 3.84. The van der Waals surface area contributed by atoms with Gasteiger partial charge in [-0.3, -0.25) is 9.59 Å². The molecule has 5 nitrogen and oxygen atoms in total. The molecule has 0 aromatic heterocycles. The van der Waals surface area contributed by atoms with Gasteiger partial charge in [0.15, 0.2) is 11.5 Å². The van der Waals surface area contributed by atoms with Gasteiger partial charge in [0.25, 0.3) is 5.91 Å². The van der Waals surface area contributed by atoms with E-state index >= 15 is 0 Å². The van der Waals surface area contributed by atoms with Crippen LogP contribution >= 0.6 is 0 Å². The molecule has 0 saturated carbocycles. The molecule has 0 fully saturated rings. The van der Waals surface area contributed by atoms with Gasteiger partial charge < -0.3 is 14.7 Å². The van der Waals surface area contributed by atoms with Crippen LogP contribution in [0.5, 0.6) is 5.75 Å². The third-order valence-corrected chi connectivity index (χ3v) is 5.13. The predicted octanol–water partition coefficient (Wildman–Crippen LogP) is 4.78. The molecule has 1 unspecified atom stereocenters. The summed E-state index contributed by atoms with van der Waals surface area (Å²) in [6.07, 6.45) is 1.43. The predicted molar refractivity (Wildman–Crippen MR) is 116 cm³/mol. The number of ether oxygens (including phenoxy) is 1. The van der Waals surface area contributed by atoms with Crippen LogP contribution in [0.25, 0.3) is 0 Å². The Kier molecular flexibility index (Phi) is 6.93. The highest BCUT2D eigenvalue weighted by molar-refractivity contribution is 6.09. The molecule has 1 aliphatic rings. The van der Waals surface area contributed by atoms with E-state index in [2.05, 4.69) is 0 Å². The molecule has 1 N–H and O–H groups in total. The molecular formula is C25H29NO4. The minimum Gasteiger partial charge on any atom is -0.503 e. The van der Waals surface area contributed by atoms with Gasteiger partial charge in [0, 0.05) is 18.5 Å². The zero-order valence-corrected chi connectivity index (χ0v) is 17.8. The van der Waals surface area contributed by atoms with Crippen LogP contribution in [0.15, 0.2) is 65.9 Å². The summed E-state index contributed by atoms with van der Waals surface area (Å²) in [6, 6.07) is 16.5. The Morgan fingerprint density at radius 2 is 1.77 bits per heavy atom. The molecule has 1 amide bonds. The highest BCUT2D eigenvalue weighted by Gasteiger charge is 2.43. The van der Waals surface area contributed by atoms with Gasteiger partial charge in [-0.15, -0.1) is 0 Å². The van der Waals surface area contributed by atoms with Crippen molar-refractivity contribution in [3.05, 3.63) is 77.1 Å². The monoisotopic (exact) mass is 407 g/mol. The maximum atomic E-state index is 13.2. The lowest BCUT2D eigenvalue weighted by Crippen LogP contribution is -2.32. The number of Topliss-reactive ketones (excluding diaryl/α,β-unsaturated/α-hetero) is 1. The molecule has 1 heterocycles. The maximum absolute atomic E-state index is 13.2. The lowest BCUT2D eigenvalue weighted by atomic mass is 9.92. The zero-order chi connectivity index (χ0) is 21.7. The van der Waals surface area contributed by atoms with Gasteiger partial charge in [-0.2, -0.15) is 0 Å². The molecule has 0 spiro atoms. The Hall–Kier alpha value is -3.08. The fourth-order valence-corrected chi connectivity index (χ4v) is 3.84. The highest BCUT2D eigenvalue weighted by atomic mass is 16.5. The van der Waals surface area contributed by atoms with Crippen molar-refractivity contribution in [3.63, 3.8) is 0 Å². The molecule has 0 radical (unpaired) electrons. The number of aliphatic hydroxyl groups is 1. The third kappa shape index (κ3) is 4.56. The highest BCUT2D eigenvalue weighted by Crippen LogP contribution is 2.42. The van der Waals surface area contributed by atoms with E-state index in [9.17, 15) is 14.7 Å². The molecule has 158 valence electrons. The number of amides is 1. The Labute approximate surface area is 178 Å². The summed E-state index contributed by atoms with van der Waals surface area (Å²) in [6.45, 7) is 6.27. The summed E-state index contributed by atoms with van der Waals surface area (Å²) in [7, 11) is 0. The van der Waals surface area contributed by atoms with E-state index in [1.165, 1.54) is 0 Å². The third-order valence-electron chi connectivity index (χ3n) is 5.13. The van der Waals surface area contributed by atoms with Crippen LogP contribution in [0.3, 0.4) is 0 Å². The van der Waals surface area contributed by atoms with Crippen LogP contribution in [0.1, 0.15) is 50.8 Å². The van der Waals surface area contributed by atoms with Crippen LogP contribution in [0, 0.1) is 0 Å². The minimum atomic E-state index is -0.643. The Morgan fingerprint density at radius 1 is 1.10 bits per heavy atom. The van der Waals surface area contributed by atoms with Gasteiger partial charge in [0.1, 0.15) is 5.75 Å². The number of aliphatic hydroxyl groups excluding tert-OH is 1. The number of aryl methyl sites for hydroxylation is 1. The van der Waals surface area contributed by atoms with Gasteiger partial charge in [0.05, 0.1) is 17.7 Å². The van der Waals surface area contributed by atoms with Gasteiger partial charge in [-0.25, -0.2) is 0 Å². The normalized spacial score (nSPS) is 16.5. The van der Waals surface area contributed by atoms with Crippen LogP contribution in [0.4, 0.5) is 0 Å². The number of carbonyl (C=O) groups excluding carboxylic acids is 2. The summed E-state index contributed by atoms with van der Waals surface area (Å²) in [5.41, 5.74) is 1.94. The van der Waals surface area contributed by atoms with E-state index < -0.39 is 17.7 Å². The molecule has 2 aromatic carbocycles. The summed E-state index contributed by atoms with van der Waals surface area (Å²) in [5.74, 6) is -0.530. The van der Waals surface area contributed by atoms with Crippen molar-refractivity contribution in [2.24, 2.45) is 0 Å². The number of ketones is 1. The molecule has 0 bridgehead atoms. The Bertz CT molecular complexity index is 933. The zero-order valence-electron chi connectivity index (χ0n) is 17.8. The lowest BCUT2D eigenvalue weighted by molar-refractivity contribution is -0.129. The standard InChI is InChI=1S/C25H29NO4/c1-4-16-26-23(19-12-8-9-13-21(19)30-17(2)3)22(24(28)25(26)29)20(27)15-14-18-10-6-5-7-11-18/h5-13,17,23,28H,4,14-16H2,1-3H3. The molecule has 3 rings (SSSR count). The van der Waals surface area contributed by atoms with Gasteiger partial charge in [-0.1, -0.05) is 55.5 Å². The molecule has 5 heteroatoms. The average Bonchev–Trinajstić information content (AvgIpc) is 2.98. The second-order valence-electron chi connectivity index (χ2n) is 7.78. The van der Waals surface area contributed by atoms with E-state index in [1.807, 2.05) is 75.4 Å². The van der Waals surface area contributed by atoms with Gasteiger partial charge in [-0.05, 0) is 38.3 Å². The number of hydrogen-bond donors (Lipinski definition) is 1. The first kappa shape index (κ1) is 21.6. The number of benzene rings is 2. The van der Waals surface area contributed by atoms with Crippen molar-refractivity contribution in [2.75, 3.05) is 6.54 Å². The van der Waals surface area contributed by atoms with Crippen LogP contribution in [-0.4, -0.2) is 34.3 Å². The first-order valence-electron chi connectivity index (χ1n) is 10.5. The largest absolute Gasteiger partial charge is 0.503 e. The minimum absolute atomic E-state index is 0.0577. The first-order chi connectivity index (χ1) is 14.4. The number of rotatable bonds is 9. The van der Waals surface area contributed by atoms with E-state index in [4.69, 9.17) is 4.74 Å². The van der Waals surface area contributed by atoms with Crippen LogP contribution in [-0.2, 0) is 16.0 Å². The number of para-hydroxylation sites is 1. The van der Waals surface area contributed by atoms with Crippen molar-refractivity contribution < 1.29 is 19.4 Å². The SMILES string of the molecule is CCCN1C(=O)C(O)=C(C(=O)CCc2ccccc2)C1c1ccccc1OC(C)C. The molecule has 2 aromatic rings. The summed E-state index contributed by atoms with van der Waals surface area (Å²) in [5, 5.41) is 10.7. The smallest absolute Gasteiger partial charge is 0.290 e. The van der Waals surface area contributed by atoms with E-state index in [1.54, 1.807) is 4.90 Å². The Morgan fingerprint density at radius 3 is 2.43 bits per heavy atom. The first-order valence-corrected chi connectivity index (χ1v) is 10.5. The van der Waals surface area contributed by atoms with E-state index in [0.717, 1.165) is 11.1 Å². The van der Waals surface area contributed by atoms with Crippen molar-refractivity contribution in [1.29, 1.82) is 0 Å². The summed E-state index contributed by atoms with van der Waals surface area (Å²) in [4.78, 5) is 27.6. The quantitative estimate of drug-likeness (QED) is 0.650.